The Hall–Kier alpha value is -3.47. The maximum absolute atomic E-state index is 10.3. The monoisotopic (exact) mass is 413 g/mol. The predicted octanol–water partition coefficient (Wildman–Crippen LogP) is 5.66. The number of anilines is 1. The van der Waals surface area contributed by atoms with Crippen LogP contribution in [0, 0.1) is 0 Å². The average molecular weight is 414 g/mol. The van der Waals surface area contributed by atoms with Crippen molar-refractivity contribution in [1.82, 2.24) is 9.38 Å². The van der Waals surface area contributed by atoms with Gasteiger partial charge in [-0.3, -0.25) is 4.40 Å². The lowest BCUT2D eigenvalue weighted by atomic mass is 10.1. The van der Waals surface area contributed by atoms with Gasteiger partial charge in [0.1, 0.15) is 17.2 Å². The molecule has 0 radical (unpaired) electrons. The molecule has 0 amide bonds. The number of rotatable bonds is 6. The van der Waals surface area contributed by atoms with Crippen LogP contribution in [0.25, 0.3) is 16.9 Å². The fourth-order valence-corrected chi connectivity index (χ4v) is 4.46. The molecule has 1 aliphatic carbocycles. The Morgan fingerprint density at radius 2 is 1.84 bits per heavy atom. The summed E-state index contributed by atoms with van der Waals surface area (Å²) in [6.07, 6.45) is 7.91. The first-order chi connectivity index (χ1) is 15.2. The topological polar surface area (TPSA) is 58.8 Å². The molecular formula is C26H27N3O2. The Balaban J connectivity index is 1.59. The Morgan fingerprint density at radius 3 is 2.58 bits per heavy atom. The summed E-state index contributed by atoms with van der Waals surface area (Å²) in [5, 5.41) is 14.1. The maximum Gasteiger partial charge on any atom is 0.160 e. The molecular weight excluding hydrogens is 386 g/mol. The van der Waals surface area contributed by atoms with Gasteiger partial charge in [0.15, 0.2) is 11.5 Å². The molecule has 1 aliphatic rings. The first-order valence-corrected chi connectivity index (χ1v) is 10.9. The summed E-state index contributed by atoms with van der Waals surface area (Å²) < 4.78 is 7.37. The van der Waals surface area contributed by atoms with Crippen molar-refractivity contribution >= 4 is 11.5 Å². The Bertz CT molecular complexity index is 1190. The van der Waals surface area contributed by atoms with Gasteiger partial charge in [0.2, 0.25) is 0 Å². The van der Waals surface area contributed by atoms with E-state index in [0.717, 1.165) is 29.1 Å². The second-order valence-corrected chi connectivity index (χ2v) is 8.25. The molecule has 158 valence electrons. The fourth-order valence-electron chi connectivity index (χ4n) is 4.46. The van der Waals surface area contributed by atoms with Crippen molar-refractivity contribution in [2.75, 3.05) is 12.4 Å². The van der Waals surface area contributed by atoms with Crippen LogP contribution in [0.4, 0.5) is 5.82 Å². The summed E-state index contributed by atoms with van der Waals surface area (Å²) in [6.45, 7) is 0. The molecule has 0 atom stereocenters. The van der Waals surface area contributed by atoms with Crippen molar-refractivity contribution in [3.05, 3.63) is 78.0 Å². The lowest BCUT2D eigenvalue weighted by Gasteiger charge is -2.15. The van der Waals surface area contributed by atoms with Crippen molar-refractivity contribution < 1.29 is 9.84 Å². The summed E-state index contributed by atoms with van der Waals surface area (Å²) in [5.41, 5.74) is 5.12. The number of phenolic OH excluding ortho intramolecular Hbond substituents is 1. The highest BCUT2D eigenvalue weighted by atomic mass is 16.5. The smallest absolute Gasteiger partial charge is 0.160 e. The largest absolute Gasteiger partial charge is 0.504 e. The van der Waals surface area contributed by atoms with Gasteiger partial charge in [0.25, 0.3) is 0 Å². The molecule has 2 aromatic heterocycles. The molecule has 2 N–H and O–H groups in total. The SMILES string of the molecule is COc1ccc(-c2nc3ccc(Cc4ccccc4)cn3c2NC2CCCC2)cc1O. The molecule has 0 bridgehead atoms. The van der Waals surface area contributed by atoms with E-state index in [9.17, 15) is 5.11 Å². The van der Waals surface area contributed by atoms with Crippen LogP contribution < -0.4 is 10.1 Å². The third kappa shape index (κ3) is 3.96. The highest BCUT2D eigenvalue weighted by Gasteiger charge is 2.21. The number of ether oxygens (including phenoxy) is 1. The molecule has 0 saturated heterocycles. The molecule has 5 nitrogen and oxygen atoms in total. The zero-order valence-corrected chi connectivity index (χ0v) is 17.7. The van der Waals surface area contributed by atoms with Gasteiger partial charge in [-0.05, 0) is 54.7 Å². The van der Waals surface area contributed by atoms with Gasteiger partial charge >= 0.3 is 0 Å². The van der Waals surface area contributed by atoms with Crippen LogP contribution in [-0.2, 0) is 6.42 Å². The highest BCUT2D eigenvalue weighted by Crippen LogP contribution is 2.36. The molecule has 5 rings (SSSR count). The minimum atomic E-state index is 0.119. The summed E-state index contributed by atoms with van der Waals surface area (Å²) >= 11 is 0. The van der Waals surface area contributed by atoms with Crippen molar-refractivity contribution in [3.63, 3.8) is 0 Å². The van der Waals surface area contributed by atoms with Crippen LogP contribution in [0.2, 0.25) is 0 Å². The van der Waals surface area contributed by atoms with E-state index in [1.807, 2.05) is 12.1 Å². The van der Waals surface area contributed by atoms with Crippen LogP contribution in [0.3, 0.4) is 0 Å². The maximum atomic E-state index is 10.3. The molecule has 5 heteroatoms. The second kappa shape index (κ2) is 8.34. The number of hydrogen-bond acceptors (Lipinski definition) is 4. The number of nitrogens with one attached hydrogen (secondary N) is 1. The molecule has 31 heavy (non-hydrogen) atoms. The Morgan fingerprint density at radius 1 is 1.03 bits per heavy atom. The van der Waals surface area contributed by atoms with E-state index in [-0.39, 0.29) is 5.75 Å². The minimum absolute atomic E-state index is 0.119. The molecule has 1 saturated carbocycles. The van der Waals surface area contributed by atoms with E-state index in [2.05, 4.69) is 52.3 Å². The fraction of sp³-hybridized carbons (Fsp3) is 0.269. The number of aromatic nitrogens is 2. The molecule has 2 aromatic carbocycles. The number of hydrogen-bond donors (Lipinski definition) is 2. The normalized spacial score (nSPS) is 14.2. The molecule has 2 heterocycles. The average Bonchev–Trinajstić information content (AvgIpc) is 3.43. The number of fused-ring (bicyclic) bond motifs is 1. The number of methoxy groups -OCH3 is 1. The van der Waals surface area contributed by atoms with Gasteiger partial charge in [-0.15, -0.1) is 0 Å². The summed E-state index contributed by atoms with van der Waals surface area (Å²) in [7, 11) is 1.56. The van der Waals surface area contributed by atoms with Crippen molar-refractivity contribution in [1.29, 1.82) is 0 Å². The van der Waals surface area contributed by atoms with Gasteiger partial charge < -0.3 is 15.2 Å². The lowest BCUT2D eigenvalue weighted by molar-refractivity contribution is 0.373. The molecule has 4 aromatic rings. The Labute approximate surface area is 182 Å². The van der Waals surface area contributed by atoms with Crippen LogP contribution in [0.1, 0.15) is 36.8 Å². The molecule has 0 spiro atoms. The highest BCUT2D eigenvalue weighted by molar-refractivity contribution is 5.78. The number of nitrogens with zero attached hydrogens (tertiary/aromatic N) is 2. The predicted molar refractivity (Wildman–Crippen MR) is 124 cm³/mol. The van der Waals surface area contributed by atoms with E-state index >= 15 is 0 Å². The van der Waals surface area contributed by atoms with Crippen LogP contribution >= 0.6 is 0 Å². The van der Waals surface area contributed by atoms with Gasteiger partial charge in [-0.25, -0.2) is 4.98 Å². The van der Waals surface area contributed by atoms with Gasteiger partial charge in [0, 0.05) is 17.8 Å². The van der Waals surface area contributed by atoms with Crippen LogP contribution in [0.15, 0.2) is 66.9 Å². The number of imidazole rings is 1. The van der Waals surface area contributed by atoms with E-state index in [1.165, 1.54) is 36.8 Å². The number of phenols is 1. The van der Waals surface area contributed by atoms with Crippen molar-refractivity contribution in [2.45, 2.75) is 38.1 Å². The minimum Gasteiger partial charge on any atom is -0.504 e. The first-order valence-electron chi connectivity index (χ1n) is 10.9. The third-order valence-corrected chi connectivity index (χ3v) is 6.08. The van der Waals surface area contributed by atoms with Crippen LogP contribution in [-0.4, -0.2) is 27.6 Å². The zero-order chi connectivity index (χ0) is 21.2. The summed E-state index contributed by atoms with van der Waals surface area (Å²) in [4.78, 5) is 4.92. The molecule has 0 aliphatic heterocycles. The lowest BCUT2D eigenvalue weighted by Crippen LogP contribution is -2.16. The third-order valence-electron chi connectivity index (χ3n) is 6.08. The van der Waals surface area contributed by atoms with E-state index in [4.69, 9.17) is 9.72 Å². The van der Waals surface area contributed by atoms with E-state index < -0.39 is 0 Å². The zero-order valence-electron chi connectivity index (χ0n) is 17.7. The molecule has 0 unspecified atom stereocenters. The summed E-state index contributed by atoms with van der Waals surface area (Å²) in [5.74, 6) is 1.57. The second-order valence-electron chi connectivity index (χ2n) is 8.25. The van der Waals surface area contributed by atoms with Gasteiger partial charge in [0.05, 0.1) is 7.11 Å². The first kappa shape index (κ1) is 19.5. The standard InChI is InChI=1S/C26H27N3O2/c1-31-23-13-12-20(16-22(23)30)25-26(27-21-9-5-6-10-21)29-17-19(11-14-24(29)28-25)15-18-7-3-2-4-8-18/h2-4,7-8,11-14,16-17,21,27,30H,5-6,9-10,15H2,1H3. The van der Waals surface area contributed by atoms with Crippen molar-refractivity contribution in [3.8, 4) is 22.8 Å². The van der Waals surface area contributed by atoms with Crippen molar-refractivity contribution in [2.24, 2.45) is 0 Å². The van der Waals surface area contributed by atoms with E-state index in [1.54, 1.807) is 19.2 Å². The number of pyridine rings is 1. The van der Waals surface area contributed by atoms with E-state index in [0.29, 0.717) is 11.8 Å². The number of benzene rings is 2. The number of aromatic hydroxyl groups is 1. The Kier molecular flexibility index (Phi) is 5.24. The quantitative estimate of drug-likeness (QED) is 0.428. The van der Waals surface area contributed by atoms with Gasteiger partial charge in [-0.2, -0.15) is 0 Å². The molecule has 1 fully saturated rings. The van der Waals surface area contributed by atoms with Gasteiger partial charge in [-0.1, -0.05) is 49.2 Å². The van der Waals surface area contributed by atoms with Crippen LogP contribution in [0.5, 0.6) is 11.5 Å². The summed E-state index contributed by atoms with van der Waals surface area (Å²) in [6, 6.07) is 20.6.